The summed E-state index contributed by atoms with van der Waals surface area (Å²) in [5.41, 5.74) is 0.766. The van der Waals surface area contributed by atoms with Crippen molar-refractivity contribution in [3.05, 3.63) is 69.8 Å². The molecule has 1 aliphatic heterocycles. The van der Waals surface area contributed by atoms with E-state index in [2.05, 4.69) is 20.6 Å². The number of hydrogen-bond acceptors (Lipinski definition) is 7. The van der Waals surface area contributed by atoms with Gasteiger partial charge in [0.05, 0.1) is 31.4 Å². The fourth-order valence-electron chi connectivity index (χ4n) is 3.50. The third kappa shape index (κ3) is 5.04. The van der Waals surface area contributed by atoms with Gasteiger partial charge in [-0.3, -0.25) is 14.4 Å². The summed E-state index contributed by atoms with van der Waals surface area (Å²) >= 11 is 1.22. The molecule has 1 atom stereocenters. The van der Waals surface area contributed by atoms with Crippen molar-refractivity contribution in [3.63, 3.8) is 0 Å². The number of carbonyl (C=O) groups excluding carboxylic acids is 2. The predicted octanol–water partition coefficient (Wildman–Crippen LogP) is 3.28. The molecule has 2 amide bonds. The molecule has 11 heteroatoms. The molecule has 2 aromatic carbocycles. The van der Waals surface area contributed by atoms with Crippen molar-refractivity contribution >= 4 is 35.1 Å². The van der Waals surface area contributed by atoms with Crippen LogP contribution in [0.2, 0.25) is 0 Å². The molecule has 0 unspecified atom stereocenters. The molecule has 0 saturated carbocycles. The zero-order chi connectivity index (χ0) is 24.2. The molecule has 176 valence electrons. The van der Waals surface area contributed by atoms with E-state index in [4.69, 9.17) is 9.47 Å². The minimum atomic E-state index is -1.04. The molecule has 9 nitrogen and oxygen atoms in total. The number of ether oxygens (including phenoxy) is 2. The maximum Gasteiger partial charge on any atom is 0.257 e. The minimum absolute atomic E-state index is 0.0449. The lowest BCUT2D eigenvalue weighted by Gasteiger charge is -2.24. The Morgan fingerprint density at radius 3 is 2.65 bits per heavy atom. The van der Waals surface area contributed by atoms with E-state index in [0.29, 0.717) is 22.9 Å². The van der Waals surface area contributed by atoms with Gasteiger partial charge in [0.1, 0.15) is 23.1 Å². The van der Waals surface area contributed by atoms with E-state index >= 15 is 0 Å². The Bertz CT molecular complexity index is 1300. The number of halogens is 1. The van der Waals surface area contributed by atoms with Gasteiger partial charge in [0, 0.05) is 18.2 Å². The van der Waals surface area contributed by atoms with Gasteiger partial charge in [0.15, 0.2) is 5.16 Å². The van der Waals surface area contributed by atoms with E-state index in [1.54, 1.807) is 30.3 Å². The Labute approximate surface area is 198 Å². The lowest BCUT2D eigenvalue weighted by atomic mass is 9.92. The highest BCUT2D eigenvalue weighted by Gasteiger charge is 2.35. The quantitative estimate of drug-likeness (QED) is 0.347. The van der Waals surface area contributed by atoms with Crippen LogP contribution in [-0.2, 0) is 15.3 Å². The number of thioether (sulfide) groups is 1. The highest BCUT2D eigenvalue weighted by molar-refractivity contribution is 7.98. The van der Waals surface area contributed by atoms with Crippen molar-refractivity contribution in [1.29, 1.82) is 0 Å². The average molecular weight is 485 g/mol. The lowest BCUT2D eigenvalue weighted by Crippen LogP contribution is -2.36. The van der Waals surface area contributed by atoms with Crippen LogP contribution in [0.5, 0.6) is 11.5 Å². The van der Waals surface area contributed by atoms with Crippen LogP contribution in [0, 0.1) is 5.82 Å². The maximum atomic E-state index is 13.1. The van der Waals surface area contributed by atoms with Crippen LogP contribution in [-0.4, -0.2) is 36.0 Å². The Kier molecular flexibility index (Phi) is 6.82. The van der Waals surface area contributed by atoms with E-state index in [1.165, 1.54) is 38.1 Å². The molecule has 3 N–H and O–H groups in total. The predicted molar refractivity (Wildman–Crippen MR) is 125 cm³/mol. The minimum Gasteiger partial charge on any atom is -0.497 e. The monoisotopic (exact) mass is 484 g/mol. The van der Waals surface area contributed by atoms with Gasteiger partial charge in [0.25, 0.3) is 5.56 Å². The van der Waals surface area contributed by atoms with Crippen molar-refractivity contribution in [2.75, 3.05) is 24.9 Å². The second-order valence-electron chi connectivity index (χ2n) is 7.41. The number of fused-ring (bicyclic) bond motifs is 1. The first-order valence-corrected chi connectivity index (χ1v) is 11.2. The van der Waals surface area contributed by atoms with Crippen molar-refractivity contribution in [3.8, 4) is 11.5 Å². The van der Waals surface area contributed by atoms with Gasteiger partial charge in [-0.1, -0.05) is 23.9 Å². The number of nitrogens with zero attached hydrogens (tertiary/aromatic N) is 1. The summed E-state index contributed by atoms with van der Waals surface area (Å²) in [5.74, 6) is -0.964. The van der Waals surface area contributed by atoms with Gasteiger partial charge in [0.2, 0.25) is 11.8 Å². The van der Waals surface area contributed by atoms with Crippen LogP contribution in [0.1, 0.15) is 23.5 Å². The molecule has 0 aliphatic carbocycles. The molecule has 0 spiro atoms. The molecular formula is C23H21FN4O5S. The van der Waals surface area contributed by atoms with E-state index < -0.39 is 23.3 Å². The SMILES string of the molecule is COc1ccc(NC(=O)[C@@H]2CC(=O)Nc3nc(SCc4ccc(F)cc4)[nH]c(=O)c32)c(OC)c1. The summed E-state index contributed by atoms with van der Waals surface area (Å²) in [4.78, 5) is 45.3. The van der Waals surface area contributed by atoms with E-state index in [9.17, 15) is 18.8 Å². The van der Waals surface area contributed by atoms with Gasteiger partial charge in [-0.2, -0.15) is 0 Å². The van der Waals surface area contributed by atoms with Crippen molar-refractivity contribution in [2.45, 2.75) is 23.2 Å². The Balaban J connectivity index is 1.57. The van der Waals surface area contributed by atoms with Crippen LogP contribution in [0.3, 0.4) is 0 Å². The number of aromatic nitrogens is 2. The van der Waals surface area contributed by atoms with Crippen molar-refractivity contribution < 1.29 is 23.5 Å². The van der Waals surface area contributed by atoms with Gasteiger partial charge >= 0.3 is 0 Å². The van der Waals surface area contributed by atoms with Crippen LogP contribution in [0.15, 0.2) is 52.4 Å². The van der Waals surface area contributed by atoms with Crippen LogP contribution >= 0.6 is 11.8 Å². The summed E-state index contributed by atoms with van der Waals surface area (Å²) in [6.45, 7) is 0. The fraction of sp³-hybridized carbons (Fsp3) is 0.217. The van der Waals surface area contributed by atoms with Gasteiger partial charge in [-0.05, 0) is 29.8 Å². The third-order valence-electron chi connectivity index (χ3n) is 5.20. The molecule has 1 aromatic heterocycles. The number of H-pyrrole nitrogens is 1. The lowest BCUT2D eigenvalue weighted by molar-refractivity contribution is -0.123. The summed E-state index contributed by atoms with van der Waals surface area (Å²) in [5, 5.41) is 5.57. The van der Waals surface area contributed by atoms with Crippen LogP contribution in [0.25, 0.3) is 0 Å². The smallest absolute Gasteiger partial charge is 0.257 e. The Morgan fingerprint density at radius 1 is 1.18 bits per heavy atom. The van der Waals surface area contributed by atoms with E-state index in [0.717, 1.165) is 5.56 Å². The standard InChI is InChI=1S/C23H21FN4O5S/c1-32-14-7-8-16(17(9-14)33-2)25-21(30)15-10-18(29)26-20-19(15)22(31)28-23(27-20)34-11-12-3-5-13(24)6-4-12/h3-9,15H,10-11H2,1-2H3,(H,25,30)(H2,26,27,28,29,31)/t15-/m1/s1. The number of carbonyl (C=O) groups is 2. The molecule has 2 heterocycles. The third-order valence-corrected chi connectivity index (χ3v) is 6.15. The first-order valence-electron chi connectivity index (χ1n) is 10.2. The highest BCUT2D eigenvalue weighted by atomic mass is 32.2. The Morgan fingerprint density at radius 2 is 1.94 bits per heavy atom. The normalized spacial score (nSPS) is 14.7. The van der Waals surface area contributed by atoms with E-state index in [1.807, 2.05) is 0 Å². The van der Waals surface area contributed by atoms with Crippen molar-refractivity contribution in [1.82, 2.24) is 9.97 Å². The van der Waals surface area contributed by atoms with Gasteiger partial charge < -0.3 is 25.1 Å². The number of methoxy groups -OCH3 is 2. The molecule has 3 aromatic rings. The molecular weight excluding hydrogens is 463 g/mol. The summed E-state index contributed by atoms with van der Waals surface area (Å²) < 4.78 is 23.5. The number of benzene rings is 2. The average Bonchev–Trinajstić information content (AvgIpc) is 2.83. The van der Waals surface area contributed by atoms with Crippen LogP contribution < -0.4 is 25.7 Å². The molecule has 1 aliphatic rings. The first-order chi connectivity index (χ1) is 16.4. The van der Waals surface area contributed by atoms with Crippen LogP contribution in [0.4, 0.5) is 15.9 Å². The topological polar surface area (TPSA) is 122 Å². The number of amides is 2. The highest BCUT2D eigenvalue weighted by Crippen LogP contribution is 2.33. The second kappa shape index (κ2) is 9.96. The molecule has 34 heavy (non-hydrogen) atoms. The largest absolute Gasteiger partial charge is 0.497 e. The fourth-order valence-corrected chi connectivity index (χ4v) is 4.31. The van der Waals surface area contributed by atoms with E-state index in [-0.39, 0.29) is 28.8 Å². The summed E-state index contributed by atoms with van der Waals surface area (Å²) in [7, 11) is 2.96. The molecule has 4 rings (SSSR count). The Hall–Kier alpha value is -3.86. The number of nitrogens with one attached hydrogen (secondary N) is 3. The maximum absolute atomic E-state index is 13.1. The van der Waals surface area contributed by atoms with Gasteiger partial charge in [-0.25, -0.2) is 9.37 Å². The zero-order valence-corrected chi connectivity index (χ0v) is 19.1. The number of aromatic amines is 1. The second-order valence-corrected chi connectivity index (χ2v) is 8.37. The molecule has 0 saturated heterocycles. The first kappa shape index (κ1) is 23.3. The molecule has 0 bridgehead atoms. The summed E-state index contributed by atoms with van der Waals surface area (Å²) in [6.07, 6.45) is -0.204. The zero-order valence-electron chi connectivity index (χ0n) is 18.3. The number of hydrogen-bond donors (Lipinski definition) is 3. The number of rotatable bonds is 7. The number of anilines is 2. The molecule has 0 fully saturated rings. The van der Waals surface area contributed by atoms with Crippen molar-refractivity contribution in [2.24, 2.45) is 0 Å². The summed E-state index contributed by atoms with van der Waals surface area (Å²) in [6, 6.07) is 10.8. The molecule has 0 radical (unpaired) electrons. The van der Waals surface area contributed by atoms with Gasteiger partial charge in [-0.15, -0.1) is 0 Å².